The fraction of sp³-hybridized carbons (Fsp3) is 0.172. The van der Waals surface area contributed by atoms with E-state index in [-0.39, 0.29) is 0 Å². The van der Waals surface area contributed by atoms with Gasteiger partial charge in [0.15, 0.2) is 0 Å². The van der Waals surface area contributed by atoms with Gasteiger partial charge in [-0.15, -0.1) is 0 Å². The molecular formula is C29H26F3N3O2. The first-order chi connectivity index (χ1) is 17.8. The van der Waals surface area contributed by atoms with Crippen molar-refractivity contribution < 1.29 is 22.7 Å². The molecule has 1 heterocycles. The van der Waals surface area contributed by atoms with Crippen molar-refractivity contribution in [3.63, 3.8) is 0 Å². The summed E-state index contributed by atoms with van der Waals surface area (Å²) in [6.07, 6.45) is -1.89. The van der Waals surface area contributed by atoms with Gasteiger partial charge in [-0.25, -0.2) is 0 Å². The van der Waals surface area contributed by atoms with Crippen LogP contribution in [0.2, 0.25) is 0 Å². The number of hydrogen-bond donors (Lipinski definition) is 2. The Hall–Kier alpha value is -4.33. The first-order valence-corrected chi connectivity index (χ1v) is 11.8. The molecule has 0 aliphatic carbocycles. The molecule has 4 rings (SSSR count). The summed E-state index contributed by atoms with van der Waals surface area (Å²) in [5.41, 5.74) is 3.02. The Morgan fingerprint density at radius 3 is 2.30 bits per heavy atom. The quantitative estimate of drug-likeness (QED) is 0.255. The summed E-state index contributed by atoms with van der Waals surface area (Å²) in [7, 11) is 0. The van der Waals surface area contributed by atoms with Gasteiger partial charge in [-0.2, -0.15) is 13.2 Å². The number of rotatable bonds is 9. The second-order valence-corrected chi connectivity index (χ2v) is 8.24. The van der Waals surface area contributed by atoms with E-state index in [9.17, 15) is 18.0 Å². The largest absolute Gasteiger partial charge is 0.494 e. The maximum absolute atomic E-state index is 13.2. The number of amides is 1. The summed E-state index contributed by atoms with van der Waals surface area (Å²) < 4.78 is 44.5. The molecule has 2 N–H and O–H groups in total. The van der Waals surface area contributed by atoms with E-state index in [1.807, 2.05) is 37.3 Å². The average molecular weight is 506 g/mol. The summed E-state index contributed by atoms with van der Waals surface area (Å²) in [5, 5.41) is 6.19. The van der Waals surface area contributed by atoms with E-state index in [0.717, 1.165) is 29.9 Å². The van der Waals surface area contributed by atoms with Crippen molar-refractivity contribution in [3.05, 3.63) is 108 Å². The van der Waals surface area contributed by atoms with Crippen molar-refractivity contribution in [1.82, 2.24) is 4.98 Å². The molecular weight excluding hydrogens is 479 g/mol. The summed E-state index contributed by atoms with van der Waals surface area (Å²) in [5.74, 6) is 0.100. The Bertz CT molecular complexity index is 1320. The number of benzene rings is 3. The summed E-state index contributed by atoms with van der Waals surface area (Å²) >= 11 is 0. The number of carbonyl (C=O) groups excluding carboxylic acids is 1. The van der Waals surface area contributed by atoms with Gasteiger partial charge < -0.3 is 15.4 Å². The summed E-state index contributed by atoms with van der Waals surface area (Å²) in [6.45, 7) is 2.95. The third-order valence-electron chi connectivity index (χ3n) is 5.65. The lowest BCUT2D eigenvalue weighted by Crippen LogP contribution is -2.14. The Balaban J connectivity index is 1.48. The number of nitrogens with zero attached hydrogens (tertiary/aromatic N) is 1. The summed E-state index contributed by atoms with van der Waals surface area (Å²) in [6, 6.07) is 22.8. The maximum atomic E-state index is 13.2. The minimum Gasteiger partial charge on any atom is -0.494 e. The molecule has 0 radical (unpaired) electrons. The second kappa shape index (κ2) is 11.6. The SMILES string of the molecule is CCOc1ccc(-c2ccc(C(F)(F)F)cc2)c(C(=O)Nc2ccc(NCCc3ccccn3)cc2)c1. The Morgan fingerprint density at radius 2 is 1.65 bits per heavy atom. The van der Waals surface area contributed by atoms with Crippen molar-refractivity contribution in [1.29, 1.82) is 0 Å². The zero-order chi connectivity index (χ0) is 26.3. The molecule has 8 heteroatoms. The molecule has 0 aliphatic heterocycles. The Kier molecular flexibility index (Phi) is 8.08. The molecule has 1 amide bonds. The number of anilines is 2. The highest BCUT2D eigenvalue weighted by molar-refractivity contribution is 6.09. The van der Waals surface area contributed by atoms with E-state index >= 15 is 0 Å². The molecule has 190 valence electrons. The molecule has 1 aromatic heterocycles. The predicted octanol–water partition coefficient (Wildman–Crippen LogP) is 7.07. The number of alkyl halides is 3. The van der Waals surface area contributed by atoms with Crippen LogP contribution in [0.1, 0.15) is 28.5 Å². The highest BCUT2D eigenvalue weighted by atomic mass is 19.4. The van der Waals surface area contributed by atoms with Crippen LogP contribution < -0.4 is 15.4 Å². The molecule has 37 heavy (non-hydrogen) atoms. The zero-order valence-corrected chi connectivity index (χ0v) is 20.2. The molecule has 5 nitrogen and oxygen atoms in total. The van der Waals surface area contributed by atoms with Gasteiger partial charge in [0.05, 0.1) is 17.7 Å². The van der Waals surface area contributed by atoms with Crippen LogP contribution in [0.25, 0.3) is 11.1 Å². The van der Waals surface area contributed by atoms with Crippen LogP contribution in [0.3, 0.4) is 0 Å². The Labute approximate surface area is 213 Å². The van der Waals surface area contributed by atoms with E-state index in [1.54, 1.807) is 36.5 Å². The number of aromatic nitrogens is 1. The van der Waals surface area contributed by atoms with Crippen molar-refractivity contribution >= 4 is 17.3 Å². The topological polar surface area (TPSA) is 63.2 Å². The number of carbonyl (C=O) groups is 1. The fourth-order valence-electron chi connectivity index (χ4n) is 3.81. The number of nitrogens with one attached hydrogen (secondary N) is 2. The monoisotopic (exact) mass is 505 g/mol. The highest BCUT2D eigenvalue weighted by Crippen LogP contribution is 2.33. The van der Waals surface area contributed by atoms with Crippen LogP contribution in [0.5, 0.6) is 5.75 Å². The Morgan fingerprint density at radius 1 is 0.919 bits per heavy atom. The number of pyridine rings is 1. The lowest BCUT2D eigenvalue weighted by atomic mass is 9.97. The van der Waals surface area contributed by atoms with Crippen LogP contribution in [-0.2, 0) is 12.6 Å². The summed E-state index contributed by atoms with van der Waals surface area (Å²) in [4.78, 5) is 17.5. The van der Waals surface area contributed by atoms with E-state index in [2.05, 4.69) is 15.6 Å². The minimum absolute atomic E-state index is 0.295. The number of halogens is 3. The molecule has 0 fully saturated rings. The van der Waals surface area contributed by atoms with Gasteiger partial charge >= 0.3 is 6.18 Å². The zero-order valence-electron chi connectivity index (χ0n) is 20.2. The van der Waals surface area contributed by atoms with Crippen molar-refractivity contribution in [3.8, 4) is 16.9 Å². The molecule has 3 aromatic carbocycles. The third-order valence-corrected chi connectivity index (χ3v) is 5.65. The second-order valence-electron chi connectivity index (χ2n) is 8.24. The van der Waals surface area contributed by atoms with Crippen LogP contribution in [0, 0.1) is 0 Å². The number of ether oxygens (including phenoxy) is 1. The van der Waals surface area contributed by atoms with Crippen molar-refractivity contribution in [2.45, 2.75) is 19.5 Å². The lowest BCUT2D eigenvalue weighted by molar-refractivity contribution is -0.137. The van der Waals surface area contributed by atoms with Crippen molar-refractivity contribution in [2.24, 2.45) is 0 Å². The maximum Gasteiger partial charge on any atom is 0.416 e. The molecule has 0 bridgehead atoms. The third kappa shape index (κ3) is 6.88. The molecule has 0 aliphatic rings. The van der Waals surface area contributed by atoms with Gasteiger partial charge in [-0.1, -0.05) is 18.2 Å². The van der Waals surface area contributed by atoms with E-state index in [1.165, 1.54) is 12.1 Å². The van der Waals surface area contributed by atoms with Gasteiger partial charge in [0.1, 0.15) is 5.75 Å². The first-order valence-electron chi connectivity index (χ1n) is 11.8. The van der Waals surface area contributed by atoms with E-state index in [4.69, 9.17) is 4.74 Å². The molecule has 0 atom stereocenters. The van der Waals surface area contributed by atoms with Gasteiger partial charge in [0.25, 0.3) is 5.91 Å². The van der Waals surface area contributed by atoms with Crippen LogP contribution in [0.4, 0.5) is 24.5 Å². The molecule has 0 saturated heterocycles. The van der Waals surface area contributed by atoms with Crippen molar-refractivity contribution in [2.75, 3.05) is 23.8 Å². The van der Waals surface area contributed by atoms with Gasteiger partial charge in [0.2, 0.25) is 0 Å². The van der Waals surface area contributed by atoms with E-state index < -0.39 is 17.6 Å². The standard InChI is InChI=1S/C29H26F3N3O2/c1-2-37-25-14-15-26(20-6-8-21(9-7-20)29(30,31)32)27(19-25)28(36)35-24-12-10-23(11-13-24)34-18-16-22-5-3-4-17-33-22/h3-15,17,19,34H,2,16,18H2,1H3,(H,35,36). The highest BCUT2D eigenvalue weighted by Gasteiger charge is 2.30. The number of hydrogen-bond acceptors (Lipinski definition) is 4. The molecule has 0 unspecified atom stereocenters. The molecule has 0 saturated carbocycles. The smallest absolute Gasteiger partial charge is 0.416 e. The lowest BCUT2D eigenvalue weighted by Gasteiger charge is -2.14. The fourth-order valence-corrected chi connectivity index (χ4v) is 3.81. The first kappa shape index (κ1) is 25.8. The predicted molar refractivity (Wildman–Crippen MR) is 139 cm³/mol. The van der Waals surface area contributed by atoms with Gasteiger partial charge in [0, 0.05) is 36.2 Å². The molecule has 4 aromatic rings. The minimum atomic E-state index is -4.43. The van der Waals surface area contributed by atoms with Gasteiger partial charge in [-0.3, -0.25) is 9.78 Å². The molecule has 0 spiro atoms. The van der Waals surface area contributed by atoms with Gasteiger partial charge in [-0.05, 0) is 84.8 Å². The van der Waals surface area contributed by atoms with E-state index in [0.29, 0.717) is 41.3 Å². The van der Waals surface area contributed by atoms with Crippen LogP contribution in [0.15, 0.2) is 91.1 Å². The normalized spacial score (nSPS) is 11.1. The van der Waals surface area contributed by atoms with Crippen LogP contribution in [-0.4, -0.2) is 24.0 Å². The average Bonchev–Trinajstić information content (AvgIpc) is 2.90. The van der Waals surface area contributed by atoms with Crippen LogP contribution >= 0.6 is 0 Å².